The Kier molecular flexibility index (Phi) is 4.68. The van der Waals surface area contributed by atoms with Crippen molar-refractivity contribution < 1.29 is 13.2 Å². The van der Waals surface area contributed by atoms with Gasteiger partial charge in [0.15, 0.2) is 0 Å². The van der Waals surface area contributed by atoms with E-state index in [-0.39, 0.29) is 11.4 Å². The summed E-state index contributed by atoms with van der Waals surface area (Å²) in [5.41, 5.74) is 10.2. The van der Waals surface area contributed by atoms with E-state index in [0.29, 0.717) is 0 Å². The number of guanidine groups is 1. The molecular formula is C9H11BrN4O3S. The van der Waals surface area contributed by atoms with Crippen LogP contribution in [0, 0.1) is 0 Å². The second-order valence-electron chi connectivity index (χ2n) is 3.23. The van der Waals surface area contributed by atoms with Crippen LogP contribution in [0.3, 0.4) is 0 Å². The number of amides is 1. The number of carbonyl (C=O) groups excluding carboxylic acids is 1. The smallest absolute Gasteiger partial charge is 0.264 e. The van der Waals surface area contributed by atoms with Gasteiger partial charge in [0, 0.05) is 4.47 Å². The number of rotatable bonds is 4. The fraction of sp³-hybridized carbons (Fsp3) is 0.111. The molecule has 1 aromatic carbocycles. The van der Waals surface area contributed by atoms with Crippen LogP contribution < -0.4 is 16.2 Å². The highest BCUT2D eigenvalue weighted by atomic mass is 79.9. The molecule has 9 heteroatoms. The van der Waals surface area contributed by atoms with Gasteiger partial charge in [0.05, 0.1) is 4.90 Å². The first-order chi connectivity index (χ1) is 8.31. The third-order valence-corrected chi connectivity index (χ3v) is 3.67. The van der Waals surface area contributed by atoms with Gasteiger partial charge in [-0.05, 0) is 24.3 Å². The fourth-order valence-corrected chi connectivity index (χ4v) is 2.22. The van der Waals surface area contributed by atoms with Crippen LogP contribution in [-0.2, 0) is 14.8 Å². The molecule has 0 saturated heterocycles. The third-order valence-electron chi connectivity index (χ3n) is 1.77. The lowest BCUT2D eigenvalue weighted by Crippen LogP contribution is -2.37. The minimum atomic E-state index is -3.80. The number of nitrogens with one attached hydrogen (secondary N) is 1. The zero-order chi connectivity index (χ0) is 13.8. The van der Waals surface area contributed by atoms with Gasteiger partial charge in [-0.15, -0.1) is 0 Å². The number of carbonyl (C=O) groups is 1. The predicted octanol–water partition coefficient (Wildman–Crippen LogP) is -0.473. The van der Waals surface area contributed by atoms with Gasteiger partial charge in [-0.25, -0.2) is 18.1 Å². The third kappa shape index (κ3) is 4.34. The number of nitrogens with zero attached hydrogens (tertiary/aromatic N) is 1. The molecule has 0 aromatic heterocycles. The number of primary amides is 1. The van der Waals surface area contributed by atoms with Gasteiger partial charge in [-0.1, -0.05) is 15.9 Å². The first kappa shape index (κ1) is 14.5. The van der Waals surface area contributed by atoms with Crippen LogP contribution in [0.15, 0.2) is 38.6 Å². The molecule has 1 rings (SSSR count). The monoisotopic (exact) mass is 334 g/mol. The largest absolute Gasteiger partial charge is 0.369 e. The maximum absolute atomic E-state index is 11.8. The highest BCUT2D eigenvalue weighted by molar-refractivity contribution is 9.10. The van der Waals surface area contributed by atoms with E-state index < -0.39 is 21.9 Å². The molecule has 0 fully saturated rings. The van der Waals surface area contributed by atoms with Gasteiger partial charge in [0.1, 0.15) is 6.54 Å². The standard InChI is InChI=1S/C9H11BrN4O3S/c10-6-1-3-7(4-2-6)18(16,17)14-9(12)13-5-8(11)15/h1-4H,5H2,(H2,11,15)(H3,12,13,14). The molecule has 0 unspecified atom stereocenters. The molecule has 98 valence electrons. The summed E-state index contributed by atoms with van der Waals surface area (Å²) in [6.07, 6.45) is 0. The molecule has 0 aliphatic rings. The SMILES string of the molecule is NC(=O)CN=C(N)NS(=O)(=O)c1ccc(Br)cc1. The lowest BCUT2D eigenvalue weighted by Gasteiger charge is -2.06. The molecule has 5 N–H and O–H groups in total. The van der Waals surface area contributed by atoms with Crippen LogP contribution in [0.4, 0.5) is 0 Å². The Hall–Kier alpha value is -1.61. The fourth-order valence-electron chi connectivity index (χ4n) is 1.01. The van der Waals surface area contributed by atoms with Gasteiger partial charge < -0.3 is 11.5 Å². The Labute approximate surface area is 112 Å². The number of hydrogen-bond acceptors (Lipinski definition) is 4. The zero-order valence-corrected chi connectivity index (χ0v) is 11.5. The topological polar surface area (TPSA) is 128 Å². The van der Waals surface area contributed by atoms with E-state index in [2.05, 4.69) is 20.9 Å². The minimum absolute atomic E-state index is 0.0305. The average Bonchev–Trinajstić information content (AvgIpc) is 2.26. The molecule has 18 heavy (non-hydrogen) atoms. The lowest BCUT2D eigenvalue weighted by molar-refractivity contribution is -0.116. The maximum Gasteiger partial charge on any atom is 0.264 e. The Morgan fingerprint density at radius 2 is 1.83 bits per heavy atom. The first-order valence-electron chi connectivity index (χ1n) is 4.68. The van der Waals surface area contributed by atoms with E-state index in [4.69, 9.17) is 11.5 Å². The van der Waals surface area contributed by atoms with Crippen LogP contribution >= 0.6 is 15.9 Å². The van der Waals surface area contributed by atoms with E-state index in [1.165, 1.54) is 12.1 Å². The molecular weight excluding hydrogens is 324 g/mol. The molecule has 7 nitrogen and oxygen atoms in total. The van der Waals surface area contributed by atoms with E-state index in [0.717, 1.165) is 4.47 Å². The summed E-state index contributed by atoms with van der Waals surface area (Å²) < 4.78 is 26.4. The van der Waals surface area contributed by atoms with E-state index in [1.54, 1.807) is 12.1 Å². The number of aliphatic imine (C=N–C) groups is 1. The molecule has 0 radical (unpaired) electrons. The zero-order valence-electron chi connectivity index (χ0n) is 9.13. The van der Waals surface area contributed by atoms with Crippen molar-refractivity contribution in [2.24, 2.45) is 16.5 Å². The summed E-state index contributed by atoms with van der Waals surface area (Å²) in [4.78, 5) is 14.0. The Morgan fingerprint density at radius 3 is 2.33 bits per heavy atom. The lowest BCUT2D eigenvalue weighted by atomic mass is 10.4. The van der Waals surface area contributed by atoms with E-state index in [1.807, 2.05) is 4.72 Å². The minimum Gasteiger partial charge on any atom is -0.369 e. The van der Waals surface area contributed by atoms with Crippen molar-refractivity contribution >= 4 is 37.8 Å². The second-order valence-corrected chi connectivity index (χ2v) is 5.83. The van der Waals surface area contributed by atoms with Gasteiger partial charge in [0.25, 0.3) is 10.0 Å². The Morgan fingerprint density at radius 1 is 1.28 bits per heavy atom. The molecule has 0 aliphatic heterocycles. The molecule has 0 atom stereocenters. The quantitative estimate of drug-likeness (QED) is 0.507. The highest BCUT2D eigenvalue weighted by Crippen LogP contribution is 2.14. The van der Waals surface area contributed by atoms with E-state index >= 15 is 0 Å². The summed E-state index contributed by atoms with van der Waals surface area (Å²) in [5, 5.41) is 0. The van der Waals surface area contributed by atoms with Gasteiger partial charge in [0.2, 0.25) is 11.9 Å². The van der Waals surface area contributed by atoms with Crippen LogP contribution in [0.2, 0.25) is 0 Å². The van der Waals surface area contributed by atoms with E-state index in [9.17, 15) is 13.2 Å². The highest BCUT2D eigenvalue weighted by Gasteiger charge is 2.14. The number of hydrogen-bond donors (Lipinski definition) is 3. The maximum atomic E-state index is 11.8. The van der Waals surface area contributed by atoms with Crippen molar-refractivity contribution in [1.29, 1.82) is 0 Å². The van der Waals surface area contributed by atoms with Crippen LogP contribution in [0.5, 0.6) is 0 Å². The average molecular weight is 335 g/mol. The number of benzene rings is 1. The van der Waals surface area contributed by atoms with Gasteiger partial charge in [-0.2, -0.15) is 0 Å². The van der Waals surface area contributed by atoms with Crippen LogP contribution in [0.25, 0.3) is 0 Å². The second kappa shape index (κ2) is 5.83. The van der Waals surface area contributed by atoms with Crippen LogP contribution in [-0.4, -0.2) is 26.8 Å². The summed E-state index contributed by atoms with van der Waals surface area (Å²) in [6.45, 7) is -0.380. The molecule has 0 aliphatic carbocycles. The van der Waals surface area contributed by atoms with Crippen LogP contribution in [0.1, 0.15) is 0 Å². The number of halogens is 1. The molecule has 0 saturated carbocycles. The van der Waals surface area contributed by atoms with Crippen molar-refractivity contribution in [3.05, 3.63) is 28.7 Å². The molecule has 0 bridgehead atoms. The predicted molar refractivity (Wildman–Crippen MR) is 70.1 cm³/mol. The molecule has 1 amide bonds. The van der Waals surface area contributed by atoms with Crippen molar-refractivity contribution in [3.8, 4) is 0 Å². The Balaban J connectivity index is 2.85. The molecule has 0 spiro atoms. The molecule has 1 aromatic rings. The normalized spacial score (nSPS) is 12.2. The Bertz CT molecular complexity index is 568. The summed E-state index contributed by atoms with van der Waals surface area (Å²) >= 11 is 3.19. The van der Waals surface area contributed by atoms with Crippen molar-refractivity contribution in [1.82, 2.24) is 4.72 Å². The number of sulfonamides is 1. The van der Waals surface area contributed by atoms with Crippen molar-refractivity contribution in [2.45, 2.75) is 4.90 Å². The number of nitrogens with two attached hydrogens (primary N) is 2. The summed E-state index contributed by atoms with van der Waals surface area (Å²) in [7, 11) is -3.80. The van der Waals surface area contributed by atoms with Crippen molar-refractivity contribution in [2.75, 3.05) is 6.54 Å². The summed E-state index contributed by atoms with van der Waals surface area (Å²) in [6, 6.07) is 5.94. The van der Waals surface area contributed by atoms with Crippen molar-refractivity contribution in [3.63, 3.8) is 0 Å². The summed E-state index contributed by atoms with van der Waals surface area (Å²) in [5.74, 6) is -1.10. The molecule has 0 heterocycles. The van der Waals surface area contributed by atoms with Gasteiger partial charge >= 0.3 is 0 Å². The van der Waals surface area contributed by atoms with Gasteiger partial charge in [-0.3, -0.25) is 4.79 Å². The first-order valence-corrected chi connectivity index (χ1v) is 6.95.